The number of benzene rings is 2. The van der Waals surface area contributed by atoms with Crippen molar-refractivity contribution in [3.63, 3.8) is 0 Å². The molecule has 4 atom stereocenters. The van der Waals surface area contributed by atoms with Crippen molar-refractivity contribution in [1.29, 1.82) is 0 Å². The van der Waals surface area contributed by atoms with Crippen LogP contribution in [0.4, 0.5) is 4.79 Å². The number of nitrogens with zero attached hydrogens (tertiary/aromatic N) is 2. The number of esters is 2. The summed E-state index contributed by atoms with van der Waals surface area (Å²) in [5, 5.41) is 2.45. The van der Waals surface area contributed by atoms with E-state index in [2.05, 4.69) is 18.5 Å². The number of hydrogen-bond acceptors (Lipinski definition) is 9. The lowest BCUT2D eigenvalue weighted by molar-refractivity contribution is -0.161. The van der Waals surface area contributed by atoms with E-state index in [0.29, 0.717) is 0 Å². The third kappa shape index (κ3) is 8.88. The number of carbonyl (C=O) groups excluding carboxylic acids is 5. The number of likely N-dealkylation sites (N-methyl/N-ethyl adjacent to an activating group) is 2. The normalized spacial score (nSPS) is 14.3. The van der Waals surface area contributed by atoms with Gasteiger partial charge < -0.3 is 35.1 Å². The van der Waals surface area contributed by atoms with Gasteiger partial charge in [0.2, 0.25) is 11.8 Å². The summed E-state index contributed by atoms with van der Waals surface area (Å²) >= 11 is 0. The number of carbonyl (C=O) groups is 5. The van der Waals surface area contributed by atoms with Gasteiger partial charge in [-0.15, -0.1) is 6.58 Å². The van der Waals surface area contributed by atoms with E-state index < -0.39 is 66.5 Å². The molecule has 12 heteroatoms. The standard InChI is InChI=1S/C36H46N4O8/c1-8-14-30(39(6)32(41)23(5)37)33(42)40(7)31(22(3)4)35(44)47-21-29(34(43)46-19-9-2)38-36(45)48-20-28-26-17-12-10-15-24(26)25-16-11-13-18-27(25)28/h8-13,15-18,22-23,28-31H,1-2,14,19-21,37H2,3-7H3,(H,38,45)/t23-,29+,30-,31-/m0/s1. The van der Waals surface area contributed by atoms with Crippen LogP contribution in [0.25, 0.3) is 11.1 Å². The van der Waals surface area contributed by atoms with Crippen LogP contribution in [-0.2, 0) is 33.4 Å². The molecular formula is C36H46N4O8. The Bertz CT molecular complexity index is 1460. The molecule has 0 unspecified atom stereocenters. The van der Waals surface area contributed by atoms with Gasteiger partial charge in [-0.25, -0.2) is 14.4 Å². The van der Waals surface area contributed by atoms with Crippen molar-refractivity contribution < 1.29 is 38.2 Å². The fourth-order valence-electron chi connectivity index (χ4n) is 5.75. The Kier molecular flexibility index (Phi) is 13.5. The summed E-state index contributed by atoms with van der Waals surface area (Å²) in [5.74, 6) is -3.31. The van der Waals surface area contributed by atoms with E-state index in [-0.39, 0.29) is 25.6 Å². The van der Waals surface area contributed by atoms with E-state index in [0.717, 1.165) is 22.3 Å². The minimum atomic E-state index is -1.42. The van der Waals surface area contributed by atoms with Gasteiger partial charge in [-0.1, -0.05) is 81.1 Å². The zero-order valence-electron chi connectivity index (χ0n) is 28.2. The lowest BCUT2D eigenvalue weighted by Gasteiger charge is -2.35. The molecule has 3 N–H and O–H groups in total. The van der Waals surface area contributed by atoms with E-state index in [1.807, 2.05) is 48.5 Å². The highest BCUT2D eigenvalue weighted by molar-refractivity contribution is 5.92. The number of alkyl carbamates (subject to hydrolysis) is 1. The molecule has 1 aliphatic rings. The second-order valence-electron chi connectivity index (χ2n) is 12.0. The van der Waals surface area contributed by atoms with Crippen molar-refractivity contribution in [2.24, 2.45) is 11.7 Å². The molecule has 0 bridgehead atoms. The predicted octanol–water partition coefficient (Wildman–Crippen LogP) is 3.40. The Hall–Kier alpha value is -4.97. The molecule has 0 aliphatic heterocycles. The number of rotatable bonds is 16. The van der Waals surface area contributed by atoms with Crippen LogP contribution in [0.1, 0.15) is 44.2 Å². The highest BCUT2D eigenvalue weighted by Gasteiger charge is 2.38. The van der Waals surface area contributed by atoms with E-state index >= 15 is 0 Å². The minimum Gasteiger partial charge on any atom is -0.461 e. The molecule has 0 radical (unpaired) electrons. The number of hydrogen-bond donors (Lipinski definition) is 2. The minimum absolute atomic E-state index is 0.00214. The van der Waals surface area contributed by atoms with Gasteiger partial charge in [-0.05, 0) is 41.5 Å². The molecule has 0 saturated carbocycles. The van der Waals surface area contributed by atoms with E-state index in [9.17, 15) is 24.0 Å². The quantitative estimate of drug-likeness (QED) is 0.156. The zero-order valence-corrected chi connectivity index (χ0v) is 28.2. The van der Waals surface area contributed by atoms with E-state index in [1.54, 1.807) is 13.8 Å². The van der Waals surface area contributed by atoms with Crippen molar-refractivity contribution in [2.75, 3.05) is 33.9 Å². The Morgan fingerprint density at radius 3 is 1.94 bits per heavy atom. The second kappa shape index (κ2) is 17.3. The number of ether oxygens (including phenoxy) is 3. The highest BCUT2D eigenvalue weighted by atomic mass is 16.6. The van der Waals surface area contributed by atoms with E-state index in [4.69, 9.17) is 19.9 Å². The summed E-state index contributed by atoms with van der Waals surface area (Å²) in [6, 6.07) is 11.4. The molecule has 12 nitrogen and oxygen atoms in total. The molecule has 0 spiro atoms. The van der Waals surface area contributed by atoms with Crippen molar-refractivity contribution in [3.05, 3.63) is 85.0 Å². The molecule has 1 aliphatic carbocycles. The van der Waals surface area contributed by atoms with Gasteiger partial charge in [0, 0.05) is 20.0 Å². The van der Waals surface area contributed by atoms with Gasteiger partial charge in [0.25, 0.3) is 0 Å². The fourth-order valence-corrected chi connectivity index (χ4v) is 5.75. The van der Waals surface area contributed by atoms with Gasteiger partial charge in [-0.2, -0.15) is 0 Å². The first-order chi connectivity index (χ1) is 22.8. The highest BCUT2D eigenvalue weighted by Crippen LogP contribution is 2.44. The first kappa shape index (κ1) is 37.5. The van der Waals surface area contributed by atoms with Crippen LogP contribution in [0.2, 0.25) is 0 Å². The topological polar surface area (TPSA) is 158 Å². The molecule has 0 aromatic heterocycles. The average Bonchev–Trinajstić information content (AvgIpc) is 3.39. The Balaban J connectivity index is 1.71. The molecule has 0 fully saturated rings. The number of fused-ring (bicyclic) bond motifs is 3. The summed E-state index contributed by atoms with van der Waals surface area (Å²) in [5.41, 5.74) is 9.91. The molecule has 0 saturated heterocycles. The largest absolute Gasteiger partial charge is 0.461 e. The third-order valence-electron chi connectivity index (χ3n) is 8.17. The van der Waals surface area contributed by atoms with Gasteiger partial charge in [0.1, 0.15) is 31.9 Å². The van der Waals surface area contributed by atoms with Crippen LogP contribution in [0.3, 0.4) is 0 Å². The first-order valence-corrected chi connectivity index (χ1v) is 15.8. The number of nitrogens with two attached hydrogens (primary N) is 1. The lowest BCUT2D eigenvalue weighted by Crippen LogP contribution is -2.56. The van der Waals surface area contributed by atoms with Crippen LogP contribution >= 0.6 is 0 Å². The van der Waals surface area contributed by atoms with E-state index in [1.165, 1.54) is 43.0 Å². The SMILES string of the molecule is C=CCOC(=O)[C@@H](COC(=O)[C@H](C(C)C)N(C)C(=O)[C@H](CC=C)N(C)C(=O)[C@H](C)N)NC(=O)OCC1c2ccccc2-c2ccccc21. The molecule has 3 amide bonds. The Labute approximate surface area is 281 Å². The summed E-state index contributed by atoms with van der Waals surface area (Å²) in [6.07, 6.45) is 2.07. The van der Waals surface area contributed by atoms with Gasteiger partial charge >= 0.3 is 18.0 Å². The Morgan fingerprint density at radius 1 is 0.833 bits per heavy atom. The van der Waals surface area contributed by atoms with Crippen LogP contribution in [0, 0.1) is 5.92 Å². The van der Waals surface area contributed by atoms with Crippen LogP contribution in [0.5, 0.6) is 0 Å². The number of amides is 3. The molecule has 3 rings (SSSR count). The fraction of sp³-hybridized carbons (Fsp3) is 0.417. The maximum atomic E-state index is 13.6. The summed E-state index contributed by atoms with van der Waals surface area (Å²) in [6.45, 7) is 11.4. The molecule has 2 aromatic rings. The number of nitrogens with one attached hydrogen (secondary N) is 1. The molecule has 48 heavy (non-hydrogen) atoms. The second-order valence-corrected chi connectivity index (χ2v) is 12.0. The van der Waals surface area contributed by atoms with Crippen molar-refractivity contribution in [1.82, 2.24) is 15.1 Å². The first-order valence-electron chi connectivity index (χ1n) is 15.8. The predicted molar refractivity (Wildman–Crippen MR) is 181 cm³/mol. The van der Waals surface area contributed by atoms with Gasteiger partial charge in [-0.3, -0.25) is 9.59 Å². The third-order valence-corrected chi connectivity index (χ3v) is 8.17. The molecule has 0 heterocycles. The average molecular weight is 663 g/mol. The molecule has 2 aromatic carbocycles. The van der Waals surface area contributed by atoms with Crippen molar-refractivity contribution in [3.8, 4) is 11.1 Å². The van der Waals surface area contributed by atoms with Gasteiger partial charge in [0.15, 0.2) is 6.04 Å². The van der Waals surface area contributed by atoms with Crippen LogP contribution in [0.15, 0.2) is 73.8 Å². The van der Waals surface area contributed by atoms with Crippen LogP contribution in [-0.4, -0.2) is 97.7 Å². The maximum Gasteiger partial charge on any atom is 0.407 e. The summed E-state index contributed by atoms with van der Waals surface area (Å²) < 4.78 is 16.2. The van der Waals surface area contributed by atoms with Crippen molar-refractivity contribution >= 4 is 29.8 Å². The van der Waals surface area contributed by atoms with Gasteiger partial charge in [0.05, 0.1) is 6.04 Å². The van der Waals surface area contributed by atoms with Crippen molar-refractivity contribution in [2.45, 2.75) is 57.3 Å². The smallest absolute Gasteiger partial charge is 0.407 e. The maximum absolute atomic E-state index is 13.6. The molecule has 258 valence electrons. The monoisotopic (exact) mass is 662 g/mol. The Morgan fingerprint density at radius 2 is 1.42 bits per heavy atom. The zero-order chi connectivity index (χ0) is 35.5. The molecular weight excluding hydrogens is 616 g/mol. The lowest BCUT2D eigenvalue weighted by atomic mass is 9.98. The summed E-state index contributed by atoms with van der Waals surface area (Å²) in [4.78, 5) is 67.9. The summed E-state index contributed by atoms with van der Waals surface area (Å²) in [7, 11) is 2.89. The van der Waals surface area contributed by atoms with Crippen LogP contribution < -0.4 is 11.1 Å².